The van der Waals surface area contributed by atoms with Gasteiger partial charge in [-0.05, 0) is 22.0 Å². The molecule has 8 heteroatoms. The average molecular weight is 327 g/mol. The number of hydrogen-bond donors (Lipinski definition) is 4. The van der Waals surface area contributed by atoms with Crippen LogP contribution in [-0.2, 0) is 4.74 Å². The van der Waals surface area contributed by atoms with E-state index in [1.807, 2.05) is 0 Å². The molecule has 7 nitrogen and oxygen atoms in total. The Kier molecular flexibility index (Phi) is 4.33. The lowest BCUT2D eigenvalue weighted by atomic mass is 10.3. The van der Waals surface area contributed by atoms with Crippen molar-refractivity contribution in [2.45, 2.75) is 0 Å². The zero-order valence-electron chi connectivity index (χ0n) is 10.2. The lowest BCUT2D eigenvalue weighted by Gasteiger charge is -2.28. The summed E-state index contributed by atoms with van der Waals surface area (Å²) in [6, 6.07) is 1.63. The summed E-state index contributed by atoms with van der Waals surface area (Å²) in [6.45, 7) is 3.04. The van der Waals surface area contributed by atoms with Gasteiger partial charge in [0.1, 0.15) is 5.82 Å². The number of aromatic nitrogens is 1. The highest BCUT2D eigenvalue weighted by Crippen LogP contribution is 2.18. The summed E-state index contributed by atoms with van der Waals surface area (Å²) < 4.78 is 5.84. The van der Waals surface area contributed by atoms with Gasteiger partial charge in [0.15, 0.2) is 0 Å². The van der Waals surface area contributed by atoms with Gasteiger partial charge in [0, 0.05) is 32.4 Å². The molecule has 0 atom stereocenters. The van der Waals surface area contributed by atoms with Crippen LogP contribution in [0.15, 0.2) is 16.7 Å². The summed E-state index contributed by atoms with van der Waals surface area (Å²) >= 11 is 3.25. The maximum atomic E-state index is 7.84. The molecular weight excluding hydrogens is 312 g/mol. The molecule has 0 aromatic carbocycles. The number of hydrogen-bond acceptors (Lipinski definition) is 6. The van der Waals surface area contributed by atoms with Gasteiger partial charge in [0.05, 0.1) is 10.0 Å². The molecule has 2 rings (SSSR count). The summed E-state index contributed by atoms with van der Waals surface area (Å²) in [4.78, 5) is 5.72. The lowest BCUT2D eigenvalue weighted by Crippen LogP contribution is -2.47. The van der Waals surface area contributed by atoms with Crippen LogP contribution in [0.25, 0.3) is 0 Å². The fraction of sp³-hybridized carbons (Fsp3) is 0.364. The van der Waals surface area contributed by atoms with Crippen LogP contribution in [0.1, 0.15) is 5.56 Å². The van der Waals surface area contributed by atoms with E-state index >= 15 is 0 Å². The number of nitrogens with zero attached hydrogens (tertiary/aromatic N) is 2. The summed E-state index contributed by atoms with van der Waals surface area (Å²) in [5.74, 6) is 0.241. The Balaban J connectivity index is 1.99. The van der Waals surface area contributed by atoms with E-state index in [1.54, 1.807) is 11.0 Å². The van der Waals surface area contributed by atoms with Crippen molar-refractivity contribution in [1.82, 2.24) is 15.2 Å². The van der Waals surface area contributed by atoms with Crippen LogP contribution >= 0.6 is 15.9 Å². The minimum atomic E-state index is -0.114. The molecule has 1 aromatic heterocycles. The first-order valence-corrected chi connectivity index (χ1v) is 6.59. The molecule has 1 aliphatic heterocycles. The second-order valence-corrected chi connectivity index (χ2v) is 4.92. The second kappa shape index (κ2) is 5.98. The van der Waals surface area contributed by atoms with Gasteiger partial charge in [-0.3, -0.25) is 10.8 Å². The highest BCUT2D eigenvalue weighted by atomic mass is 79.9. The largest absolute Gasteiger partial charge is 0.407 e. The molecule has 0 aliphatic carbocycles. The number of ether oxygens (including phenoxy) is 1. The van der Waals surface area contributed by atoms with E-state index in [2.05, 4.69) is 26.2 Å². The molecule has 0 unspecified atom stereocenters. The van der Waals surface area contributed by atoms with Crippen LogP contribution in [0.2, 0.25) is 0 Å². The Morgan fingerprint density at radius 3 is 2.74 bits per heavy atom. The van der Waals surface area contributed by atoms with E-state index in [-0.39, 0.29) is 11.9 Å². The Bertz CT molecular complexity index is 500. The van der Waals surface area contributed by atoms with Gasteiger partial charge in [0.2, 0.25) is 5.90 Å². The summed E-state index contributed by atoms with van der Waals surface area (Å²) in [7, 11) is 0. The molecular formula is C11H15BrN6O. The second-order valence-electron chi connectivity index (χ2n) is 4.06. The summed E-state index contributed by atoms with van der Waals surface area (Å²) in [5, 5.41) is 18.9. The molecule has 0 spiro atoms. The van der Waals surface area contributed by atoms with Gasteiger partial charge < -0.3 is 20.7 Å². The van der Waals surface area contributed by atoms with Crippen molar-refractivity contribution in [3.05, 3.63) is 22.3 Å². The first-order valence-electron chi connectivity index (χ1n) is 5.80. The van der Waals surface area contributed by atoms with Crippen LogP contribution in [-0.4, -0.2) is 48.0 Å². The van der Waals surface area contributed by atoms with E-state index in [9.17, 15) is 0 Å². The fourth-order valence-corrected chi connectivity index (χ4v) is 2.01. The molecule has 0 bridgehead atoms. The van der Waals surface area contributed by atoms with E-state index in [4.69, 9.17) is 21.3 Å². The normalized spacial score (nSPS) is 15.1. The minimum Gasteiger partial charge on any atom is -0.407 e. The Labute approximate surface area is 119 Å². The topological polar surface area (TPSA) is 111 Å². The molecule has 0 amide bonds. The summed E-state index contributed by atoms with van der Waals surface area (Å²) in [6.07, 6.45) is 1.45. The minimum absolute atomic E-state index is 0.0144. The molecule has 1 saturated heterocycles. The van der Waals surface area contributed by atoms with E-state index in [0.717, 1.165) is 13.1 Å². The number of nitrogens with one attached hydrogen (secondary N) is 3. The standard InChI is InChI=1S/C11H15BrN6O/c12-8-5-7(6-17-9(8)13)10(14)19-11(15)18-3-1-16-2-4-18/h5-6,14-16H,1-4H2,(H2,13,17). The van der Waals surface area contributed by atoms with Gasteiger partial charge in [-0.2, -0.15) is 0 Å². The highest BCUT2D eigenvalue weighted by molar-refractivity contribution is 9.10. The SMILES string of the molecule is N=C(OC(=N)N1CCNCC1)c1cnc(N)c(Br)c1. The van der Waals surface area contributed by atoms with E-state index < -0.39 is 0 Å². The molecule has 1 aromatic rings. The van der Waals surface area contributed by atoms with Gasteiger partial charge >= 0.3 is 0 Å². The lowest BCUT2D eigenvalue weighted by molar-refractivity contribution is 0.295. The van der Waals surface area contributed by atoms with Crippen LogP contribution in [0, 0.1) is 10.8 Å². The van der Waals surface area contributed by atoms with Crippen molar-refractivity contribution in [2.75, 3.05) is 31.9 Å². The number of piperazine rings is 1. The average Bonchev–Trinajstić information content (AvgIpc) is 2.42. The van der Waals surface area contributed by atoms with Crippen molar-refractivity contribution in [3.63, 3.8) is 0 Å². The number of anilines is 1. The summed E-state index contributed by atoms with van der Waals surface area (Å²) in [5.41, 5.74) is 6.05. The third-order valence-electron chi connectivity index (χ3n) is 2.73. The third-order valence-corrected chi connectivity index (χ3v) is 3.37. The maximum Gasteiger partial charge on any atom is 0.291 e. The number of rotatable bonds is 1. The van der Waals surface area contributed by atoms with Crippen LogP contribution in [0.3, 0.4) is 0 Å². The zero-order chi connectivity index (χ0) is 13.8. The van der Waals surface area contributed by atoms with Crippen LogP contribution < -0.4 is 11.1 Å². The van der Waals surface area contributed by atoms with Crippen molar-refractivity contribution in [1.29, 1.82) is 10.8 Å². The molecule has 19 heavy (non-hydrogen) atoms. The first kappa shape index (κ1) is 13.8. The molecule has 1 fully saturated rings. The van der Waals surface area contributed by atoms with Gasteiger partial charge in [0.25, 0.3) is 6.02 Å². The van der Waals surface area contributed by atoms with Crippen LogP contribution in [0.5, 0.6) is 0 Å². The molecule has 0 radical (unpaired) electrons. The monoisotopic (exact) mass is 326 g/mol. The maximum absolute atomic E-state index is 7.84. The molecule has 1 aliphatic rings. The number of halogens is 1. The Morgan fingerprint density at radius 1 is 1.42 bits per heavy atom. The fourth-order valence-electron chi connectivity index (χ4n) is 1.66. The smallest absolute Gasteiger partial charge is 0.291 e. The first-order chi connectivity index (χ1) is 9.08. The van der Waals surface area contributed by atoms with Crippen LogP contribution in [0.4, 0.5) is 5.82 Å². The predicted molar refractivity (Wildman–Crippen MR) is 76.4 cm³/mol. The number of nitrogens with two attached hydrogens (primary N) is 1. The molecule has 102 valence electrons. The molecule has 0 saturated carbocycles. The highest BCUT2D eigenvalue weighted by Gasteiger charge is 2.17. The Hall–Kier alpha value is -1.67. The van der Waals surface area contributed by atoms with Crippen molar-refractivity contribution >= 4 is 33.7 Å². The van der Waals surface area contributed by atoms with Crippen molar-refractivity contribution in [2.24, 2.45) is 0 Å². The number of amidine groups is 1. The van der Waals surface area contributed by atoms with E-state index in [0.29, 0.717) is 28.9 Å². The predicted octanol–water partition coefficient (Wildman–Crippen LogP) is 0.608. The molecule has 2 heterocycles. The van der Waals surface area contributed by atoms with E-state index in [1.165, 1.54) is 6.20 Å². The van der Waals surface area contributed by atoms with Gasteiger partial charge in [-0.15, -0.1) is 0 Å². The quantitative estimate of drug-likeness (QED) is 0.446. The molecule has 5 N–H and O–H groups in total. The van der Waals surface area contributed by atoms with Crippen molar-refractivity contribution < 1.29 is 4.74 Å². The number of pyridine rings is 1. The third kappa shape index (κ3) is 3.42. The van der Waals surface area contributed by atoms with Gasteiger partial charge in [-0.1, -0.05) is 0 Å². The van der Waals surface area contributed by atoms with Crippen molar-refractivity contribution in [3.8, 4) is 0 Å². The Morgan fingerprint density at radius 2 is 2.11 bits per heavy atom. The number of nitrogen functional groups attached to an aromatic ring is 1. The zero-order valence-corrected chi connectivity index (χ0v) is 11.8. The van der Waals surface area contributed by atoms with Gasteiger partial charge in [-0.25, -0.2) is 4.98 Å².